The summed E-state index contributed by atoms with van der Waals surface area (Å²) in [7, 11) is 0. The van der Waals surface area contributed by atoms with Gasteiger partial charge >= 0.3 is 0 Å². The Morgan fingerprint density at radius 2 is 2.00 bits per heavy atom. The van der Waals surface area contributed by atoms with E-state index in [2.05, 4.69) is 61.4 Å². The van der Waals surface area contributed by atoms with Gasteiger partial charge < -0.3 is 5.32 Å². The van der Waals surface area contributed by atoms with Crippen LogP contribution in [0.25, 0.3) is 0 Å². The summed E-state index contributed by atoms with van der Waals surface area (Å²) in [6.45, 7) is 7.76. The summed E-state index contributed by atoms with van der Waals surface area (Å²) in [4.78, 5) is 4.42. The Balaban J connectivity index is 2.22. The highest BCUT2D eigenvalue weighted by Gasteiger charge is 2.31. The normalized spacial score (nSPS) is 13.4. The molecule has 0 radical (unpaired) electrons. The van der Waals surface area contributed by atoms with E-state index in [9.17, 15) is 0 Å². The van der Waals surface area contributed by atoms with Crippen LogP contribution in [0, 0.1) is 0 Å². The molecule has 0 spiro atoms. The molecule has 0 aliphatic heterocycles. The lowest BCUT2D eigenvalue weighted by Crippen LogP contribution is -2.46. The van der Waals surface area contributed by atoms with E-state index in [1.54, 1.807) is 11.3 Å². The number of likely N-dealkylation sites (N-methyl/N-ethyl adjacent to an activating group) is 1. The molecular weight excluding hydrogens is 252 g/mol. The Labute approximate surface area is 119 Å². The van der Waals surface area contributed by atoms with Crippen molar-refractivity contribution in [2.24, 2.45) is 0 Å². The van der Waals surface area contributed by atoms with Gasteiger partial charge in [0, 0.05) is 29.5 Å². The van der Waals surface area contributed by atoms with Crippen molar-refractivity contribution in [1.29, 1.82) is 0 Å². The summed E-state index contributed by atoms with van der Waals surface area (Å²) in [6.07, 6.45) is 2.87. The fourth-order valence-electron chi connectivity index (χ4n) is 2.43. The van der Waals surface area contributed by atoms with E-state index >= 15 is 0 Å². The van der Waals surface area contributed by atoms with Gasteiger partial charge in [0.15, 0.2) is 0 Å². The number of nitrogens with one attached hydrogen (secondary N) is 1. The highest BCUT2D eigenvalue weighted by molar-refractivity contribution is 7.09. The van der Waals surface area contributed by atoms with E-state index in [4.69, 9.17) is 0 Å². The summed E-state index contributed by atoms with van der Waals surface area (Å²) in [5.74, 6) is 0. The van der Waals surface area contributed by atoms with Gasteiger partial charge in [0.1, 0.15) is 0 Å². The maximum atomic E-state index is 4.42. The lowest BCUT2D eigenvalue weighted by Gasteiger charge is -2.35. The van der Waals surface area contributed by atoms with E-state index in [-0.39, 0.29) is 5.41 Å². The SMILES string of the molecule is CCNC(Cc1nccs1)C(C)(C)c1ccccc1. The molecule has 19 heavy (non-hydrogen) atoms. The van der Waals surface area contributed by atoms with Crippen LogP contribution in [0.15, 0.2) is 41.9 Å². The molecule has 1 N–H and O–H groups in total. The molecule has 0 aliphatic rings. The molecule has 3 heteroatoms. The van der Waals surface area contributed by atoms with Crippen LogP contribution in [0.5, 0.6) is 0 Å². The summed E-state index contributed by atoms with van der Waals surface area (Å²) in [5.41, 5.74) is 1.46. The zero-order valence-corrected chi connectivity index (χ0v) is 12.7. The number of aromatic nitrogens is 1. The number of hydrogen-bond donors (Lipinski definition) is 1. The summed E-state index contributed by atoms with van der Waals surface area (Å²) < 4.78 is 0. The van der Waals surface area contributed by atoms with E-state index in [1.165, 1.54) is 10.6 Å². The Bertz CT molecular complexity index is 477. The zero-order chi connectivity index (χ0) is 13.7. The fraction of sp³-hybridized carbons (Fsp3) is 0.438. The molecule has 0 amide bonds. The number of nitrogens with zero attached hydrogens (tertiary/aromatic N) is 1. The lowest BCUT2D eigenvalue weighted by molar-refractivity contribution is 0.342. The monoisotopic (exact) mass is 274 g/mol. The molecule has 102 valence electrons. The summed E-state index contributed by atoms with van der Waals surface area (Å²) >= 11 is 1.74. The molecule has 0 bridgehead atoms. The van der Waals surface area contributed by atoms with E-state index in [0.717, 1.165) is 13.0 Å². The Morgan fingerprint density at radius 3 is 2.58 bits per heavy atom. The highest BCUT2D eigenvalue weighted by atomic mass is 32.1. The van der Waals surface area contributed by atoms with Crippen molar-refractivity contribution in [1.82, 2.24) is 10.3 Å². The molecule has 2 rings (SSSR count). The third-order valence-corrected chi connectivity index (χ3v) is 4.50. The average molecular weight is 274 g/mol. The van der Waals surface area contributed by atoms with Gasteiger partial charge in [-0.15, -0.1) is 11.3 Å². The lowest BCUT2D eigenvalue weighted by atomic mass is 9.76. The minimum Gasteiger partial charge on any atom is -0.313 e. The predicted octanol–water partition coefficient (Wildman–Crippen LogP) is 3.64. The molecule has 1 aromatic carbocycles. The second-order valence-corrected chi connectivity index (χ2v) is 6.31. The van der Waals surface area contributed by atoms with Crippen LogP contribution >= 0.6 is 11.3 Å². The van der Waals surface area contributed by atoms with Gasteiger partial charge in [0.05, 0.1) is 5.01 Å². The zero-order valence-electron chi connectivity index (χ0n) is 11.9. The first-order valence-electron chi connectivity index (χ1n) is 6.82. The van der Waals surface area contributed by atoms with Crippen LogP contribution in [0.4, 0.5) is 0 Å². The van der Waals surface area contributed by atoms with Crippen LogP contribution in [-0.2, 0) is 11.8 Å². The number of thiazole rings is 1. The van der Waals surface area contributed by atoms with Crippen molar-refractivity contribution in [3.63, 3.8) is 0 Å². The first kappa shape index (κ1) is 14.2. The minimum absolute atomic E-state index is 0.0863. The molecule has 1 atom stereocenters. The van der Waals surface area contributed by atoms with Crippen LogP contribution in [0.1, 0.15) is 31.3 Å². The van der Waals surface area contributed by atoms with Crippen LogP contribution in [0.2, 0.25) is 0 Å². The second kappa shape index (κ2) is 6.31. The molecule has 1 heterocycles. The van der Waals surface area contributed by atoms with Gasteiger partial charge in [-0.1, -0.05) is 51.1 Å². The largest absolute Gasteiger partial charge is 0.313 e. The average Bonchev–Trinajstić information content (AvgIpc) is 2.92. The molecular formula is C16H22N2S. The van der Waals surface area contributed by atoms with Gasteiger partial charge in [-0.05, 0) is 12.1 Å². The van der Waals surface area contributed by atoms with E-state index in [1.807, 2.05) is 11.6 Å². The number of benzene rings is 1. The van der Waals surface area contributed by atoms with Crippen molar-refractivity contribution < 1.29 is 0 Å². The van der Waals surface area contributed by atoms with E-state index in [0.29, 0.717) is 6.04 Å². The van der Waals surface area contributed by atoms with E-state index < -0.39 is 0 Å². The molecule has 0 saturated carbocycles. The molecule has 0 aliphatic carbocycles. The maximum Gasteiger partial charge on any atom is 0.0940 e. The first-order valence-corrected chi connectivity index (χ1v) is 7.70. The van der Waals surface area contributed by atoms with Gasteiger partial charge in [0.2, 0.25) is 0 Å². The third kappa shape index (κ3) is 3.43. The van der Waals surface area contributed by atoms with Crippen LogP contribution < -0.4 is 5.32 Å². The summed E-state index contributed by atoms with van der Waals surface area (Å²) in [5, 5.41) is 6.88. The molecule has 2 aromatic rings. The van der Waals surface area contributed by atoms with Crippen molar-refractivity contribution >= 4 is 11.3 Å². The third-order valence-electron chi connectivity index (χ3n) is 3.70. The van der Waals surface area contributed by atoms with Crippen LogP contribution in [-0.4, -0.2) is 17.6 Å². The van der Waals surface area contributed by atoms with Gasteiger partial charge in [-0.3, -0.25) is 0 Å². The molecule has 1 aromatic heterocycles. The smallest absolute Gasteiger partial charge is 0.0940 e. The Hall–Kier alpha value is -1.19. The van der Waals surface area contributed by atoms with Crippen LogP contribution in [0.3, 0.4) is 0 Å². The maximum absolute atomic E-state index is 4.42. The van der Waals surface area contributed by atoms with Gasteiger partial charge in [-0.25, -0.2) is 4.98 Å². The quantitative estimate of drug-likeness (QED) is 0.870. The predicted molar refractivity (Wildman–Crippen MR) is 82.8 cm³/mol. The fourth-order valence-corrected chi connectivity index (χ4v) is 3.09. The van der Waals surface area contributed by atoms with Crippen molar-refractivity contribution in [2.75, 3.05) is 6.54 Å². The molecule has 2 nitrogen and oxygen atoms in total. The van der Waals surface area contributed by atoms with Crippen molar-refractivity contribution in [3.8, 4) is 0 Å². The Kier molecular flexibility index (Phi) is 4.72. The number of hydrogen-bond acceptors (Lipinski definition) is 3. The summed E-state index contributed by atoms with van der Waals surface area (Å²) in [6, 6.07) is 11.1. The Morgan fingerprint density at radius 1 is 1.26 bits per heavy atom. The second-order valence-electron chi connectivity index (χ2n) is 5.33. The first-order chi connectivity index (χ1) is 9.14. The van der Waals surface area contributed by atoms with Crippen molar-refractivity contribution in [3.05, 3.63) is 52.5 Å². The molecule has 0 saturated heterocycles. The number of rotatable bonds is 6. The highest BCUT2D eigenvalue weighted by Crippen LogP contribution is 2.29. The van der Waals surface area contributed by atoms with Crippen molar-refractivity contribution in [2.45, 2.75) is 38.6 Å². The molecule has 1 unspecified atom stereocenters. The minimum atomic E-state index is 0.0863. The molecule has 0 fully saturated rings. The standard InChI is InChI=1S/C16H22N2S/c1-4-17-14(12-15-18-10-11-19-15)16(2,3)13-8-6-5-7-9-13/h5-11,14,17H,4,12H2,1-3H3. The topological polar surface area (TPSA) is 24.9 Å². The van der Waals surface area contributed by atoms with Gasteiger partial charge in [0.25, 0.3) is 0 Å². The van der Waals surface area contributed by atoms with Gasteiger partial charge in [-0.2, -0.15) is 0 Å².